The second-order valence-electron chi connectivity index (χ2n) is 8.91. The Morgan fingerprint density at radius 1 is 0.949 bits per heavy atom. The van der Waals surface area contributed by atoms with Gasteiger partial charge >= 0.3 is 5.97 Å². The zero-order valence-electron chi connectivity index (χ0n) is 22.4. The molecule has 4 aromatic rings. The fourth-order valence-electron chi connectivity index (χ4n) is 4.10. The van der Waals surface area contributed by atoms with Gasteiger partial charge in [-0.05, 0) is 66.9 Å². The van der Waals surface area contributed by atoms with Crippen LogP contribution in [0.25, 0.3) is 11.4 Å². The van der Waals surface area contributed by atoms with Gasteiger partial charge in [-0.25, -0.2) is 14.2 Å². The molecule has 2 heterocycles. The smallest absolute Gasteiger partial charge is 0.341 e. The standard InChI is InChI=1S/C30H31FN4O4/c1-5-39-30(36)24-16-33-29(27(31)28(24)32)25-14-19(2)15-26(34-25)35(17-20-6-10-22(37-3)11-7-20)18-21-8-12-23(38-4)13-9-21/h6-16H,5,17-18H2,1-4H3,(H2,32,33). The number of nitrogens with two attached hydrogens (primary N) is 1. The SMILES string of the molecule is CCOC(=O)c1cnc(-c2cc(C)cc(N(Cc3ccc(OC)cc3)Cc3ccc(OC)cc3)n2)c(F)c1N. The third-order valence-corrected chi connectivity index (χ3v) is 6.14. The van der Waals surface area contributed by atoms with Crippen molar-refractivity contribution in [2.24, 2.45) is 0 Å². The first-order valence-corrected chi connectivity index (χ1v) is 12.4. The Morgan fingerprint density at radius 3 is 2.03 bits per heavy atom. The number of anilines is 2. The second kappa shape index (κ2) is 12.3. The maximum absolute atomic E-state index is 15.4. The summed E-state index contributed by atoms with van der Waals surface area (Å²) in [6.07, 6.45) is 1.22. The summed E-state index contributed by atoms with van der Waals surface area (Å²) in [4.78, 5) is 23.2. The fourth-order valence-corrected chi connectivity index (χ4v) is 4.10. The molecular formula is C30H31FN4O4. The lowest BCUT2D eigenvalue weighted by molar-refractivity contribution is 0.0526. The average molecular weight is 531 g/mol. The molecule has 0 aliphatic carbocycles. The molecule has 2 aromatic carbocycles. The Bertz CT molecular complexity index is 1390. The monoisotopic (exact) mass is 530 g/mol. The van der Waals surface area contributed by atoms with Crippen LogP contribution in [0.1, 0.15) is 34.0 Å². The van der Waals surface area contributed by atoms with E-state index in [2.05, 4.69) is 9.88 Å². The van der Waals surface area contributed by atoms with Gasteiger partial charge in [0.15, 0.2) is 5.82 Å². The quantitative estimate of drug-likeness (QED) is 0.266. The van der Waals surface area contributed by atoms with Gasteiger partial charge in [0.05, 0.1) is 32.2 Å². The maximum atomic E-state index is 15.4. The molecule has 39 heavy (non-hydrogen) atoms. The Morgan fingerprint density at radius 2 is 1.51 bits per heavy atom. The highest BCUT2D eigenvalue weighted by molar-refractivity contribution is 5.95. The molecule has 0 amide bonds. The Balaban J connectivity index is 1.73. The van der Waals surface area contributed by atoms with E-state index in [0.29, 0.717) is 24.6 Å². The van der Waals surface area contributed by atoms with E-state index in [1.807, 2.05) is 61.5 Å². The van der Waals surface area contributed by atoms with Crippen molar-refractivity contribution >= 4 is 17.5 Å². The van der Waals surface area contributed by atoms with E-state index < -0.39 is 11.8 Å². The zero-order valence-corrected chi connectivity index (χ0v) is 22.4. The number of aromatic nitrogens is 2. The molecule has 0 fully saturated rings. The number of carbonyl (C=O) groups excluding carboxylic acids is 1. The Labute approximate surface area is 227 Å². The molecular weight excluding hydrogens is 499 g/mol. The van der Waals surface area contributed by atoms with Crippen LogP contribution in [0.2, 0.25) is 0 Å². The normalized spacial score (nSPS) is 10.7. The largest absolute Gasteiger partial charge is 0.497 e. The average Bonchev–Trinajstić information content (AvgIpc) is 2.94. The predicted molar refractivity (Wildman–Crippen MR) is 148 cm³/mol. The lowest BCUT2D eigenvalue weighted by Gasteiger charge is -2.25. The molecule has 9 heteroatoms. The first kappa shape index (κ1) is 27.4. The lowest BCUT2D eigenvalue weighted by atomic mass is 10.1. The molecule has 0 spiro atoms. The highest BCUT2D eigenvalue weighted by Crippen LogP contribution is 2.30. The topological polar surface area (TPSA) is 99.8 Å². The molecule has 0 aliphatic heterocycles. The van der Waals surface area contributed by atoms with Crippen molar-refractivity contribution in [2.75, 3.05) is 31.5 Å². The van der Waals surface area contributed by atoms with Gasteiger partial charge in [0.2, 0.25) is 0 Å². The molecule has 4 rings (SSSR count). The van der Waals surface area contributed by atoms with Crippen LogP contribution in [0.5, 0.6) is 11.5 Å². The van der Waals surface area contributed by atoms with E-state index in [9.17, 15) is 4.79 Å². The summed E-state index contributed by atoms with van der Waals surface area (Å²) < 4.78 is 30.9. The molecule has 202 valence electrons. The lowest BCUT2D eigenvalue weighted by Crippen LogP contribution is -2.23. The summed E-state index contributed by atoms with van der Waals surface area (Å²) >= 11 is 0. The highest BCUT2D eigenvalue weighted by atomic mass is 19.1. The summed E-state index contributed by atoms with van der Waals surface area (Å²) in [6, 6.07) is 19.3. The van der Waals surface area contributed by atoms with Gasteiger partial charge in [-0.1, -0.05) is 24.3 Å². The van der Waals surface area contributed by atoms with Gasteiger partial charge in [-0.2, -0.15) is 0 Å². The minimum absolute atomic E-state index is 0.0423. The van der Waals surface area contributed by atoms with Crippen LogP contribution in [-0.4, -0.2) is 36.8 Å². The van der Waals surface area contributed by atoms with Crippen molar-refractivity contribution in [3.63, 3.8) is 0 Å². The number of esters is 1. The van der Waals surface area contributed by atoms with E-state index >= 15 is 4.39 Å². The number of nitrogen functional groups attached to an aromatic ring is 1. The second-order valence-corrected chi connectivity index (χ2v) is 8.91. The molecule has 0 saturated heterocycles. The molecule has 0 atom stereocenters. The zero-order chi connectivity index (χ0) is 27.9. The van der Waals surface area contributed by atoms with E-state index in [1.54, 1.807) is 27.2 Å². The van der Waals surface area contributed by atoms with Crippen molar-refractivity contribution in [3.05, 3.63) is 94.9 Å². The van der Waals surface area contributed by atoms with E-state index in [-0.39, 0.29) is 23.6 Å². The van der Waals surface area contributed by atoms with Crippen molar-refractivity contribution in [1.82, 2.24) is 9.97 Å². The third-order valence-electron chi connectivity index (χ3n) is 6.14. The number of ether oxygens (including phenoxy) is 3. The van der Waals surface area contributed by atoms with Gasteiger partial charge < -0.3 is 24.8 Å². The molecule has 0 aliphatic rings. The number of halogens is 1. The summed E-state index contributed by atoms with van der Waals surface area (Å²) in [5.74, 6) is 0.618. The Kier molecular flexibility index (Phi) is 8.60. The number of methoxy groups -OCH3 is 2. The first-order valence-electron chi connectivity index (χ1n) is 12.4. The van der Waals surface area contributed by atoms with Crippen LogP contribution in [-0.2, 0) is 17.8 Å². The maximum Gasteiger partial charge on any atom is 0.341 e. The van der Waals surface area contributed by atoms with Crippen molar-refractivity contribution in [3.8, 4) is 22.9 Å². The number of hydrogen-bond acceptors (Lipinski definition) is 8. The van der Waals surface area contributed by atoms with Crippen LogP contribution >= 0.6 is 0 Å². The van der Waals surface area contributed by atoms with Gasteiger partial charge in [-0.3, -0.25) is 4.98 Å². The molecule has 8 nitrogen and oxygen atoms in total. The van der Waals surface area contributed by atoms with Crippen LogP contribution in [0.15, 0.2) is 66.9 Å². The highest BCUT2D eigenvalue weighted by Gasteiger charge is 2.21. The molecule has 2 N–H and O–H groups in total. The van der Waals surface area contributed by atoms with Crippen LogP contribution < -0.4 is 20.1 Å². The molecule has 0 saturated carbocycles. The number of carbonyl (C=O) groups is 1. The van der Waals surface area contributed by atoms with E-state index in [1.165, 1.54) is 6.20 Å². The van der Waals surface area contributed by atoms with Gasteiger partial charge in [0.1, 0.15) is 28.6 Å². The summed E-state index contributed by atoms with van der Waals surface area (Å²) in [5.41, 5.74) is 8.73. The van der Waals surface area contributed by atoms with Crippen molar-refractivity contribution in [1.29, 1.82) is 0 Å². The number of benzene rings is 2. The minimum Gasteiger partial charge on any atom is -0.497 e. The summed E-state index contributed by atoms with van der Waals surface area (Å²) in [6.45, 7) is 4.77. The van der Waals surface area contributed by atoms with E-state index in [4.69, 9.17) is 24.9 Å². The summed E-state index contributed by atoms with van der Waals surface area (Å²) in [5, 5.41) is 0. The predicted octanol–water partition coefficient (Wildman–Crippen LogP) is 5.57. The van der Waals surface area contributed by atoms with Crippen LogP contribution in [0.3, 0.4) is 0 Å². The fraction of sp³-hybridized carbons (Fsp3) is 0.233. The Hall–Kier alpha value is -4.66. The number of hydrogen-bond donors (Lipinski definition) is 1. The number of aryl methyl sites for hydroxylation is 1. The first-order chi connectivity index (χ1) is 18.8. The van der Waals surface area contributed by atoms with Crippen molar-refractivity contribution < 1.29 is 23.4 Å². The molecule has 0 bridgehead atoms. The number of pyridine rings is 2. The molecule has 2 aromatic heterocycles. The van der Waals surface area contributed by atoms with Crippen molar-refractivity contribution in [2.45, 2.75) is 26.9 Å². The van der Waals surface area contributed by atoms with Gasteiger partial charge in [0, 0.05) is 19.3 Å². The van der Waals surface area contributed by atoms with Crippen LogP contribution in [0.4, 0.5) is 15.9 Å². The van der Waals surface area contributed by atoms with Gasteiger partial charge in [-0.15, -0.1) is 0 Å². The van der Waals surface area contributed by atoms with Gasteiger partial charge in [0.25, 0.3) is 0 Å². The van der Waals surface area contributed by atoms with Crippen LogP contribution in [0, 0.1) is 12.7 Å². The number of rotatable bonds is 10. The van der Waals surface area contributed by atoms with E-state index in [0.717, 1.165) is 28.2 Å². The number of nitrogens with zero attached hydrogens (tertiary/aromatic N) is 3. The third kappa shape index (κ3) is 6.43. The minimum atomic E-state index is -0.818. The summed E-state index contributed by atoms with van der Waals surface area (Å²) in [7, 11) is 3.25. The molecule has 0 radical (unpaired) electrons. The molecule has 0 unspecified atom stereocenters.